The van der Waals surface area contributed by atoms with Crippen LogP contribution in [-0.2, 0) is 17.5 Å². The van der Waals surface area contributed by atoms with Crippen molar-refractivity contribution in [3.63, 3.8) is 0 Å². The number of piperazine rings is 1. The molecule has 8 nitrogen and oxygen atoms in total. The Kier molecular flexibility index (Phi) is 8.19. The molecule has 0 saturated carbocycles. The summed E-state index contributed by atoms with van der Waals surface area (Å²) in [7, 11) is 0. The fraction of sp³-hybridized carbons (Fsp3) is 0.500. The lowest BCUT2D eigenvalue weighted by Gasteiger charge is -2.34. The van der Waals surface area contributed by atoms with Gasteiger partial charge in [-0.15, -0.1) is 0 Å². The van der Waals surface area contributed by atoms with Crippen molar-refractivity contribution >= 4 is 23.0 Å². The fourth-order valence-corrected chi connectivity index (χ4v) is 5.49. The van der Waals surface area contributed by atoms with E-state index < -0.39 is 23.2 Å². The van der Waals surface area contributed by atoms with Gasteiger partial charge in [-0.3, -0.25) is 9.69 Å². The molecule has 3 aromatic rings. The lowest BCUT2D eigenvalue weighted by atomic mass is 9.89. The van der Waals surface area contributed by atoms with E-state index in [2.05, 4.69) is 14.9 Å². The van der Waals surface area contributed by atoms with Crippen LogP contribution in [0, 0.1) is 5.82 Å². The first-order valence-electron chi connectivity index (χ1n) is 14.1. The summed E-state index contributed by atoms with van der Waals surface area (Å²) in [6.07, 6.45) is -3.55. The Bertz CT molecular complexity index is 1430. The quantitative estimate of drug-likeness (QED) is 0.390. The summed E-state index contributed by atoms with van der Waals surface area (Å²) in [6.45, 7) is 8.80. The highest BCUT2D eigenvalue weighted by Gasteiger charge is 2.32. The molecular formula is C30H35F4N5O3. The number of carbonyl (C=O) groups is 2. The molecule has 0 unspecified atom stereocenters. The van der Waals surface area contributed by atoms with Gasteiger partial charge in [-0.2, -0.15) is 13.2 Å². The van der Waals surface area contributed by atoms with Crippen LogP contribution in [0.2, 0.25) is 0 Å². The number of piperidine rings is 1. The third-order valence-electron chi connectivity index (χ3n) is 7.76. The number of H-pyrrole nitrogens is 1. The Morgan fingerprint density at radius 1 is 0.929 bits per heavy atom. The van der Waals surface area contributed by atoms with Crippen LogP contribution in [0.4, 0.5) is 22.4 Å². The summed E-state index contributed by atoms with van der Waals surface area (Å²) in [5.41, 5.74) is 0.580. The molecular weight excluding hydrogens is 554 g/mol. The Balaban J connectivity index is 1.18. The predicted molar refractivity (Wildman–Crippen MR) is 148 cm³/mol. The summed E-state index contributed by atoms with van der Waals surface area (Å²) in [5.74, 6) is -0.800. The van der Waals surface area contributed by atoms with Crippen molar-refractivity contribution in [3.05, 3.63) is 64.7 Å². The van der Waals surface area contributed by atoms with E-state index in [1.807, 2.05) is 20.8 Å². The standard InChI is InChI=1S/C30H35F4N5O3/c1-29(2,3)42-28(41)39-12-10-20(11-13-39)22-8-9-23-25(24(22)31)36-26(35-23)27(40)38-16-14-37(15-17-38)18-19-4-6-21(7-5-19)30(32,33)34/h4-9,20H,10-18H2,1-3H3,(H,35,36). The maximum absolute atomic E-state index is 15.6. The average Bonchev–Trinajstić information content (AvgIpc) is 3.38. The van der Waals surface area contributed by atoms with Crippen molar-refractivity contribution < 1.29 is 31.9 Å². The Labute approximate surface area is 241 Å². The minimum atomic E-state index is -4.37. The molecule has 0 aliphatic carbocycles. The Morgan fingerprint density at radius 3 is 2.17 bits per heavy atom. The molecule has 42 heavy (non-hydrogen) atoms. The zero-order chi connectivity index (χ0) is 30.2. The molecule has 1 N–H and O–H groups in total. The molecule has 12 heteroatoms. The number of imidazole rings is 1. The van der Waals surface area contributed by atoms with Crippen LogP contribution >= 0.6 is 0 Å². The van der Waals surface area contributed by atoms with Crippen molar-refractivity contribution in [2.45, 2.75) is 57.9 Å². The van der Waals surface area contributed by atoms with Gasteiger partial charge in [0.2, 0.25) is 0 Å². The van der Waals surface area contributed by atoms with Crippen molar-refractivity contribution in [2.24, 2.45) is 0 Å². The first-order chi connectivity index (χ1) is 19.8. The van der Waals surface area contributed by atoms with E-state index in [9.17, 15) is 22.8 Å². The van der Waals surface area contributed by atoms with E-state index in [-0.39, 0.29) is 29.3 Å². The number of rotatable bonds is 4. The number of fused-ring (bicyclic) bond motifs is 1. The molecule has 2 aromatic carbocycles. The summed E-state index contributed by atoms with van der Waals surface area (Å²) in [5, 5.41) is 0. The molecule has 1 aromatic heterocycles. The number of aromatic amines is 1. The monoisotopic (exact) mass is 589 g/mol. The first-order valence-corrected chi connectivity index (χ1v) is 14.1. The molecule has 0 bridgehead atoms. The number of amides is 2. The average molecular weight is 590 g/mol. The molecule has 0 radical (unpaired) electrons. The van der Waals surface area contributed by atoms with Gasteiger partial charge in [-0.1, -0.05) is 18.2 Å². The zero-order valence-corrected chi connectivity index (χ0v) is 23.9. The van der Waals surface area contributed by atoms with Crippen molar-refractivity contribution in [1.29, 1.82) is 0 Å². The number of hydrogen-bond donors (Lipinski definition) is 1. The number of carbonyl (C=O) groups excluding carboxylic acids is 2. The summed E-state index contributed by atoms with van der Waals surface area (Å²) >= 11 is 0. The number of aromatic nitrogens is 2. The fourth-order valence-electron chi connectivity index (χ4n) is 5.49. The molecule has 3 heterocycles. The van der Waals surface area contributed by atoms with Gasteiger partial charge >= 0.3 is 12.3 Å². The minimum absolute atomic E-state index is 0.0667. The van der Waals surface area contributed by atoms with E-state index in [4.69, 9.17) is 4.74 Å². The second kappa shape index (κ2) is 11.5. The molecule has 2 fully saturated rings. The SMILES string of the molecule is CC(C)(C)OC(=O)N1CCC(c2ccc3[nH]c(C(=O)N4CCN(Cc5ccc(C(F)(F)F)cc5)CC4)nc3c2F)CC1. The van der Waals surface area contributed by atoms with E-state index in [0.717, 1.165) is 17.7 Å². The van der Waals surface area contributed by atoms with Crippen molar-refractivity contribution in [1.82, 2.24) is 24.7 Å². The van der Waals surface area contributed by atoms with Crippen molar-refractivity contribution in [3.8, 4) is 0 Å². The van der Waals surface area contributed by atoms with E-state index in [1.54, 1.807) is 21.9 Å². The Hall–Kier alpha value is -3.67. The highest BCUT2D eigenvalue weighted by Crippen LogP contribution is 2.33. The second-order valence-electron chi connectivity index (χ2n) is 12.0. The molecule has 226 valence electrons. The number of alkyl halides is 3. The smallest absolute Gasteiger partial charge is 0.416 e. The summed E-state index contributed by atoms with van der Waals surface area (Å²) in [6, 6.07) is 8.56. The van der Waals surface area contributed by atoms with E-state index in [0.29, 0.717) is 69.7 Å². The van der Waals surface area contributed by atoms with Gasteiger partial charge < -0.3 is 19.5 Å². The number of halogens is 4. The van der Waals surface area contributed by atoms with Gasteiger partial charge in [0.15, 0.2) is 11.6 Å². The van der Waals surface area contributed by atoms with Gasteiger partial charge in [-0.05, 0) is 68.9 Å². The topological polar surface area (TPSA) is 81.8 Å². The lowest BCUT2D eigenvalue weighted by Crippen LogP contribution is -2.48. The van der Waals surface area contributed by atoms with E-state index >= 15 is 4.39 Å². The van der Waals surface area contributed by atoms with Crippen LogP contribution in [0.15, 0.2) is 36.4 Å². The van der Waals surface area contributed by atoms with Gasteiger partial charge in [0.1, 0.15) is 11.1 Å². The summed E-state index contributed by atoms with van der Waals surface area (Å²) < 4.78 is 59.5. The summed E-state index contributed by atoms with van der Waals surface area (Å²) in [4.78, 5) is 38.2. The predicted octanol–water partition coefficient (Wildman–Crippen LogP) is 5.79. The molecule has 2 aliphatic rings. The minimum Gasteiger partial charge on any atom is -0.444 e. The van der Waals surface area contributed by atoms with Gasteiger partial charge in [-0.25, -0.2) is 14.2 Å². The maximum atomic E-state index is 15.6. The number of ether oxygens (including phenoxy) is 1. The number of benzene rings is 2. The van der Waals surface area contributed by atoms with Crippen molar-refractivity contribution in [2.75, 3.05) is 39.3 Å². The maximum Gasteiger partial charge on any atom is 0.416 e. The van der Waals surface area contributed by atoms with Gasteiger partial charge in [0, 0.05) is 45.8 Å². The van der Waals surface area contributed by atoms with Gasteiger partial charge in [0.25, 0.3) is 5.91 Å². The van der Waals surface area contributed by atoms with Crippen LogP contribution in [0.5, 0.6) is 0 Å². The lowest BCUT2D eigenvalue weighted by molar-refractivity contribution is -0.137. The molecule has 2 amide bonds. The first kappa shape index (κ1) is 29.8. The highest BCUT2D eigenvalue weighted by atomic mass is 19.4. The molecule has 0 spiro atoms. The number of hydrogen-bond acceptors (Lipinski definition) is 5. The third-order valence-corrected chi connectivity index (χ3v) is 7.76. The van der Waals surface area contributed by atoms with Crippen LogP contribution in [0.1, 0.15) is 66.8 Å². The van der Waals surface area contributed by atoms with Crippen LogP contribution < -0.4 is 0 Å². The highest BCUT2D eigenvalue weighted by molar-refractivity contribution is 5.94. The number of nitrogens with zero attached hydrogens (tertiary/aromatic N) is 4. The number of nitrogens with one attached hydrogen (secondary N) is 1. The molecule has 2 saturated heterocycles. The second-order valence-corrected chi connectivity index (χ2v) is 12.0. The number of likely N-dealkylation sites (tertiary alicyclic amines) is 1. The molecule has 5 rings (SSSR count). The van der Waals surface area contributed by atoms with Crippen LogP contribution in [-0.4, -0.2) is 81.5 Å². The largest absolute Gasteiger partial charge is 0.444 e. The third kappa shape index (κ3) is 6.69. The van der Waals surface area contributed by atoms with Crippen LogP contribution in [0.25, 0.3) is 11.0 Å². The molecule has 2 aliphatic heterocycles. The zero-order valence-electron chi connectivity index (χ0n) is 23.9. The van der Waals surface area contributed by atoms with Gasteiger partial charge in [0.05, 0.1) is 11.1 Å². The van der Waals surface area contributed by atoms with Crippen LogP contribution in [0.3, 0.4) is 0 Å². The van der Waals surface area contributed by atoms with E-state index in [1.165, 1.54) is 12.1 Å². The Morgan fingerprint density at radius 2 is 1.57 bits per heavy atom. The molecule has 0 atom stereocenters. The normalized spacial score (nSPS) is 17.6.